The molecule has 1 unspecified atom stereocenters. The first-order valence-corrected chi connectivity index (χ1v) is 13.9. The minimum Gasteiger partial charge on any atom is -0.336 e. The van der Waals surface area contributed by atoms with Crippen LogP contribution in [0.15, 0.2) is 65.5 Å². The Hall–Kier alpha value is -2.96. The first-order valence-electron chi connectivity index (χ1n) is 13.9. The van der Waals surface area contributed by atoms with Crippen LogP contribution >= 0.6 is 0 Å². The fourth-order valence-corrected chi connectivity index (χ4v) is 6.10. The molecule has 6 nitrogen and oxygen atoms in total. The molecule has 196 valence electrons. The molecule has 37 heavy (non-hydrogen) atoms. The molecule has 2 fully saturated rings. The molecule has 0 spiro atoms. The third kappa shape index (κ3) is 5.81. The van der Waals surface area contributed by atoms with Crippen LogP contribution in [0.25, 0.3) is 10.9 Å². The molecule has 1 saturated heterocycles. The number of para-hydroxylation sites is 1. The molecule has 5 rings (SSSR count). The molecule has 1 amide bonds. The molecule has 0 radical (unpaired) electrons. The van der Waals surface area contributed by atoms with Gasteiger partial charge in [0.2, 0.25) is 5.91 Å². The number of aryl methyl sites for hydroxylation is 1. The van der Waals surface area contributed by atoms with Gasteiger partial charge in [0, 0.05) is 51.3 Å². The molecular formula is C31H40N4O2. The number of benzene rings is 2. The second-order valence-corrected chi connectivity index (χ2v) is 10.9. The van der Waals surface area contributed by atoms with Crippen LogP contribution in [0.3, 0.4) is 0 Å². The van der Waals surface area contributed by atoms with Gasteiger partial charge in [0.05, 0.1) is 18.1 Å². The van der Waals surface area contributed by atoms with Crippen molar-refractivity contribution in [1.82, 2.24) is 19.3 Å². The van der Waals surface area contributed by atoms with Gasteiger partial charge in [-0.3, -0.25) is 14.5 Å². The number of likely N-dealkylation sites (N-methyl/N-ethyl adjacent to an activating group) is 1. The van der Waals surface area contributed by atoms with Gasteiger partial charge in [-0.2, -0.15) is 0 Å². The van der Waals surface area contributed by atoms with Gasteiger partial charge < -0.3 is 14.4 Å². The van der Waals surface area contributed by atoms with E-state index in [-0.39, 0.29) is 23.4 Å². The lowest BCUT2D eigenvalue weighted by atomic mass is 9.88. The zero-order valence-electron chi connectivity index (χ0n) is 22.3. The van der Waals surface area contributed by atoms with Crippen molar-refractivity contribution in [2.24, 2.45) is 13.0 Å². The van der Waals surface area contributed by atoms with Crippen LogP contribution in [0.4, 0.5) is 0 Å². The Kier molecular flexibility index (Phi) is 8.06. The number of carbonyl (C=O) groups excluding carboxylic acids is 1. The number of hydrogen-bond acceptors (Lipinski definition) is 4. The average molecular weight is 501 g/mol. The zero-order valence-corrected chi connectivity index (χ0v) is 22.3. The Labute approximate surface area is 220 Å². The second kappa shape index (κ2) is 11.6. The van der Waals surface area contributed by atoms with E-state index in [2.05, 4.69) is 41.1 Å². The van der Waals surface area contributed by atoms with Crippen molar-refractivity contribution in [2.45, 2.75) is 44.7 Å². The van der Waals surface area contributed by atoms with Gasteiger partial charge in [-0.15, -0.1) is 0 Å². The Morgan fingerprint density at radius 2 is 1.59 bits per heavy atom. The number of fused-ring (bicyclic) bond motifs is 1. The van der Waals surface area contributed by atoms with Crippen LogP contribution in [0.5, 0.6) is 0 Å². The fourth-order valence-electron chi connectivity index (χ4n) is 6.10. The maximum Gasteiger partial charge on any atom is 0.255 e. The van der Waals surface area contributed by atoms with E-state index in [1.165, 1.54) is 12.0 Å². The standard InChI is InChI=1S/C31H40N4O2/c1-32-17-19-34(20-18-32)29(24-11-5-3-6-12-24)23-35(31(37)25-13-7-4-8-14-25)22-27-21-26-15-9-10-16-28(26)33(2)30(27)36/h3,5-6,9-12,15-16,21,25,29H,4,7-8,13-14,17-20,22-23H2,1-2H3. The molecule has 0 bridgehead atoms. The SMILES string of the molecule is CN1CCN(C(CN(Cc2cc3ccccc3n(C)c2=O)C(=O)C2CCCCC2)c2ccccc2)CC1. The first kappa shape index (κ1) is 25.7. The summed E-state index contributed by atoms with van der Waals surface area (Å²) >= 11 is 0. The molecular weight excluding hydrogens is 460 g/mol. The van der Waals surface area contributed by atoms with Crippen molar-refractivity contribution in [3.63, 3.8) is 0 Å². The van der Waals surface area contributed by atoms with E-state index in [9.17, 15) is 9.59 Å². The highest BCUT2D eigenvalue weighted by Gasteiger charge is 2.32. The molecule has 3 aromatic rings. The lowest BCUT2D eigenvalue weighted by Crippen LogP contribution is -2.50. The summed E-state index contributed by atoms with van der Waals surface area (Å²) in [6, 6.07) is 20.7. The van der Waals surface area contributed by atoms with Gasteiger partial charge >= 0.3 is 0 Å². The maximum absolute atomic E-state index is 14.1. The van der Waals surface area contributed by atoms with Crippen molar-refractivity contribution in [1.29, 1.82) is 0 Å². The van der Waals surface area contributed by atoms with Crippen LogP contribution in [0.2, 0.25) is 0 Å². The Morgan fingerprint density at radius 1 is 0.919 bits per heavy atom. The van der Waals surface area contributed by atoms with E-state index in [1.54, 1.807) is 4.57 Å². The number of pyridine rings is 1. The highest BCUT2D eigenvalue weighted by Crippen LogP contribution is 2.29. The molecule has 2 heterocycles. The monoisotopic (exact) mass is 500 g/mol. The minimum absolute atomic E-state index is 0.0176. The van der Waals surface area contributed by atoms with E-state index in [0.29, 0.717) is 18.7 Å². The van der Waals surface area contributed by atoms with Gasteiger partial charge in [-0.25, -0.2) is 0 Å². The lowest BCUT2D eigenvalue weighted by molar-refractivity contribution is -0.138. The molecule has 2 aromatic carbocycles. The predicted molar refractivity (Wildman–Crippen MR) is 149 cm³/mol. The minimum atomic E-state index is -0.0176. The van der Waals surface area contributed by atoms with E-state index in [0.717, 1.165) is 62.8 Å². The van der Waals surface area contributed by atoms with Crippen molar-refractivity contribution >= 4 is 16.8 Å². The molecule has 1 aliphatic carbocycles. The third-order valence-electron chi connectivity index (χ3n) is 8.39. The third-order valence-corrected chi connectivity index (χ3v) is 8.39. The van der Waals surface area contributed by atoms with Gasteiger partial charge in [-0.1, -0.05) is 67.8 Å². The molecule has 6 heteroatoms. The van der Waals surface area contributed by atoms with Gasteiger partial charge in [-0.05, 0) is 43.0 Å². The Bertz CT molecular complexity index is 1260. The van der Waals surface area contributed by atoms with Crippen LogP contribution in [-0.4, -0.2) is 64.9 Å². The second-order valence-electron chi connectivity index (χ2n) is 10.9. The predicted octanol–water partition coefficient (Wildman–Crippen LogP) is 4.44. The summed E-state index contributed by atoms with van der Waals surface area (Å²) in [5.41, 5.74) is 2.83. The first-order chi connectivity index (χ1) is 18.0. The number of nitrogens with zero attached hydrogens (tertiary/aromatic N) is 4. The summed E-state index contributed by atoms with van der Waals surface area (Å²) in [7, 11) is 4.00. The number of carbonyl (C=O) groups is 1. The molecule has 1 aromatic heterocycles. The molecule has 1 saturated carbocycles. The summed E-state index contributed by atoms with van der Waals surface area (Å²) in [5.74, 6) is 0.270. The van der Waals surface area contributed by atoms with Crippen molar-refractivity contribution in [2.75, 3.05) is 39.8 Å². The Balaban J connectivity index is 1.50. The summed E-state index contributed by atoms with van der Waals surface area (Å²) in [5, 5.41) is 1.03. The smallest absolute Gasteiger partial charge is 0.255 e. The normalized spacial score (nSPS) is 18.6. The Morgan fingerprint density at radius 3 is 2.32 bits per heavy atom. The highest BCUT2D eigenvalue weighted by atomic mass is 16.2. The molecule has 0 N–H and O–H groups in total. The van der Waals surface area contributed by atoms with Crippen LogP contribution < -0.4 is 5.56 Å². The van der Waals surface area contributed by atoms with Crippen molar-refractivity contribution in [3.05, 3.63) is 82.1 Å². The largest absolute Gasteiger partial charge is 0.336 e. The van der Waals surface area contributed by atoms with Crippen molar-refractivity contribution < 1.29 is 4.79 Å². The van der Waals surface area contributed by atoms with Gasteiger partial charge in [0.1, 0.15) is 0 Å². The number of piperazine rings is 1. The van der Waals surface area contributed by atoms with E-state index >= 15 is 0 Å². The number of aromatic nitrogens is 1. The number of hydrogen-bond donors (Lipinski definition) is 0. The average Bonchev–Trinajstić information content (AvgIpc) is 2.95. The quantitative estimate of drug-likeness (QED) is 0.481. The van der Waals surface area contributed by atoms with Crippen LogP contribution in [-0.2, 0) is 18.4 Å². The summed E-state index contributed by atoms with van der Waals surface area (Å²) in [6.07, 6.45) is 5.35. The lowest BCUT2D eigenvalue weighted by Gasteiger charge is -2.41. The van der Waals surface area contributed by atoms with Gasteiger partial charge in [0.25, 0.3) is 5.56 Å². The summed E-state index contributed by atoms with van der Waals surface area (Å²) in [6.45, 7) is 4.93. The fraction of sp³-hybridized carbons (Fsp3) is 0.484. The van der Waals surface area contributed by atoms with Crippen molar-refractivity contribution in [3.8, 4) is 0 Å². The molecule has 2 aliphatic rings. The summed E-state index contributed by atoms with van der Waals surface area (Å²) < 4.78 is 1.73. The van der Waals surface area contributed by atoms with Crippen LogP contribution in [0, 0.1) is 5.92 Å². The number of amides is 1. The summed E-state index contributed by atoms with van der Waals surface area (Å²) in [4.78, 5) is 34.4. The van der Waals surface area contributed by atoms with E-state index in [4.69, 9.17) is 0 Å². The highest BCUT2D eigenvalue weighted by molar-refractivity contribution is 5.81. The molecule has 1 atom stereocenters. The van der Waals surface area contributed by atoms with Gasteiger partial charge in [0.15, 0.2) is 0 Å². The zero-order chi connectivity index (χ0) is 25.8. The molecule has 1 aliphatic heterocycles. The maximum atomic E-state index is 14.1. The number of rotatable bonds is 7. The topological polar surface area (TPSA) is 48.8 Å². The van der Waals surface area contributed by atoms with Crippen LogP contribution in [0.1, 0.15) is 49.3 Å². The van der Waals surface area contributed by atoms with E-state index in [1.807, 2.05) is 48.3 Å². The van der Waals surface area contributed by atoms with E-state index < -0.39 is 0 Å².